The monoisotopic (exact) mass is 641 g/mol. The lowest BCUT2D eigenvalue weighted by Gasteiger charge is -2.15. The number of carbonyl (C=O) groups is 2. The molecule has 10 heteroatoms. The van der Waals surface area contributed by atoms with Gasteiger partial charge in [0.1, 0.15) is 23.0 Å². The number of ether oxygens (including phenoxy) is 3. The first-order valence-corrected chi connectivity index (χ1v) is 13.5. The summed E-state index contributed by atoms with van der Waals surface area (Å²) >= 11 is 9.45. The topological polar surface area (TPSA) is 94.4 Å². The number of hydrogen-bond acceptors (Lipinski definition) is 7. The van der Waals surface area contributed by atoms with Crippen LogP contribution in [0.4, 0.5) is 0 Å². The number of hydrogen-bond donors (Lipinski definition) is 1. The van der Waals surface area contributed by atoms with Crippen LogP contribution in [0.2, 0.25) is 5.02 Å². The van der Waals surface area contributed by atoms with Crippen molar-refractivity contribution in [1.29, 1.82) is 0 Å². The fourth-order valence-corrected chi connectivity index (χ4v) is 5.18. The van der Waals surface area contributed by atoms with Crippen molar-refractivity contribution in [3.63, 3.8) is 0 Å². The van der Waals surface area contributed by atoms with E-state index in [4.69, 9.17) is 25.8 Å². The van der Waals surface area contributed by atoms with E-state index in [-0.39, 0.29) is 36.0 Å². The first-order valence-electron chi connectivity index (χ1n) is 11.2. The van der Waals surface area contributed by atoms with Gasteiger partial charge in [-0.15, -0.1) is 0 Å². The summed E-state index contributed by atoms with van der Waals surface area (Å²) in [6, 6.07) is 11.1. The van der Waals surface area contributed by atoms with Crippen molar-refractivity contribution in [1.82, 2.24) is 0 Å². The quantitative estimate of drug-likeness (QED) is 0.240. The molecule has 190 valence electrons. The lowest BCUT2D eigenvalue weighted by atomic mass is 10.1. The van der Waals surface area contributed by atoms with E-state index in [2.05, 4.69) is 27.6 Å². The number of halogens is 2. The van der Waals surface area contributed by atoms with Crippen LogP contribution in [-0.4, -0.2) is 35.2 Å². The third-order valence-electron chi connectivity index (χ3n) is 4.86. The molecule has 0 spiro atoms. The second-order valence-electron chi connectivity index (χ2n) is 7.36. The maximum Gasteiger partial charge on any atom is 0.344 e. The second-order valence-corrected chi connectivity index (χ2v) is 9.96. The Hall–Kier alpha value is -2.50. The van der Waals surface area contributed by atoms with E-state index in [1.54, 1.807) is 32.1 Å². The number of rotatable bonds is 9. The fraction of sp³-hybridized carbons (Fsp3) is 0.269. The molecule has 2 aromatic carbocycles. The van der Waals surface area contributed by atoms with Crippen LogP contribution in [-0.2, 0) is 20.9 Å². The molecule has 36 heavy (non-hydrogen) atoms. The SMILES string of the molecule is CCOC(=O)C1=C(O)/C(=C/c2cc(I)c(OCc3ccccc3Cl)c(OCC)c2)SC1=NC(=O)CC. The molecule has 1 amide bonds. The Labute approximate surface area is 232 Å². The molecule has 0 unspecified atom stereocenters. The van der Waals surface area contributed by atoms with Crippen molar-refractivity contribution in [2.24, 2.45) is 4.99 Å². The predicted molar refractivity (Wildman–Crippen MR) is 151 cm³/mol. The lowest BCUT2D eigenvalue weighted by Crippen LogP contribution is -2.14. The standard InChI is InChI=1S/C26H25ClINO6S/c1-4-21(30)29-25-22(26(32)34-6-3)23(31)20(36-25)13-15-11-18(28)24(19(12-15)33-5-2)35-14-16-9-7-8-10-17(16)27/h7-13,31H,4-6,14H2,1-3H3/b20-13-,29-25?. The van der Waals surface area contributed by atoms with Crippen LogP contribution in [0, 0.1) is 3.57 Å². The van der Waals surface area contributed by atoms with Crippen molar-refractivity contribution in [3.05, 3.63) is 72.4 Å². The van der Waals surface area contributed by atoms with E-state index in [0.29, 0.717) is 33.6 Å². The summed E-state index contributed by atoms with van der Waals surface area (Å²) < 4.78 is 17.7. The Kier molecular flexibility index (Phi) is 10.3. The molecule has 1 heterocycles. The normalized spacial score (nSPS) is 15.5. The van der Waals surface area contributed by atoms with Gasteiger partial charge in [0.15, 0.2) is 11.5 Å². The maximum atomic E-state index is 12.5. The molecule has 1 N–H and O–H groups in total. The maximum absolute atomic E-state index is 12.5. The van der Waals surface area contributed by atoms with E-state index < -0.39 is 11.9 Å². The Morgan fingerprint density at radius 1 is 1.14 bits per heavy atom. The molecule has 1 aliphatic heterocycles. The lowest BCUT2D eigenvalue weighted by molar-refractivity contribution is -0.138. The van der Waals surface area contributed by atoms with Crippen LogP contribution in [0.15, 0.2) is 57.6 Å². The van der Waals surface area contributed by atoms with Crippen molar-refractivity contribution in [2.75, 3.05) is 13.2 Å². The van der Waals surface area contributed by atoms with Gasteiger partial charge in [0, 0.05) is 17.0 Å². The van der Waals surface area contributed by atoms with Gasteiger partial charge >= 0.3 is 5.97 Å². The van der Waals surface area contributed by atoms with Gasteiger partial charge in [-0.3, -0.25) is 4.79 Å². The summed E-state index contributed by atoms with van der Waals surface area (Å²) in [5, 5.41) is 11.6. The Bertz CT molecular complexity index is 1260. The minimum Gasteiger partial charge on any atom is -0.506 e. The zero-order valence-corrected chi connectivity index (χ0v) is 23.7. The predicted octanol–water partition coefficient (Wildman–Crippen LogP) is 6.72. The number of esters is 1. The largest absolute Gasteiger partial charge is 0.506 e. The molecule has 0 saturated carbocycles. The van der Waals surface area contributed by atoms with Crippen LogP contribution in [0.25, 0.3) is 6.08 Å². The molecule has 0 atom stereocenters. The van der Waals surface area contributed by atoms with Crippen molar-refractivity contribution < 1.29 is 28.9 Å². The van der Waals surface area contributed by atoms with Gasteiger partial charge in [-0.05, 0) is 66.3 Å². The molecular weight excluding hydrogens is 617 g/mol. The number of thioether (sulfide) groups is 1. The third kappa shape index (κ3) is 6.83. The summed E-state index contributed by atoms with van der Waals surface area (Å²) in [6.07, 6.45) is 1.87. The summed E-state index contributed by atoms with van der Waals surface area (Å²) in [7, 11) is 0. The number of carbonyl (C=O) groups excluding carboxylic acids is 2. The van der Waals surface area contributed by atoms with Gasteiger partial charge in [0.25, 0.3) is 0 Å². The highest BCUT2D eigenvalue weighted by Gasteiger charge is 2.33. The Morgan fingerprint density at radius 3 is 2.56 bits per heavy atom. The number of aliphatic hydroxyl groups is 1. The summed E-state index contributed by atoms with van der Waals surface area (Å²) in [4.78, 5) is 28.7. The van der Waals surface area contributed by atoms with Crippen LogP contribution in [0.1, 0.15) is 38.3 Å². The fourth-order valence-electron chi connectivity index (χ4n) is 3.18. The highest BCUT2D eigenvalue weighted by atomic mass is 127. The van der Waals surface area contributed by atoms with Crippen molar-refractivity contribution in [2.45, 2.75) is 33.8 Å². The zero-order valence-electron chi connectivity index (χ0n) is 20.0. The molecule has 0 bridgehead atoms. The molecule has 7 nitrogen and oxygen atoms in total. The summed E-state index contributed by atoms with van der Waals surface area (Å²) in [6.45, 7) is 6.01. The summed E-state index contributed by atoms with van der Waals surface area (Å²) in [5.74, 6) is -0.326. The highest BCUT2D eigenvalue weighted by Crippen LogP contribution is 2.41. The summed E-state index contributed by atoms with van der Waals surface area (Å²) in [5.41, 5.74) is 1.43. The molecule has 0 saturated heterocycles. The average Bonchev–Trinajstić information content (AvgIpc) is 3.14. The van der Waals surface area contributed by atoms with Crippen LogP contribution in [0.5, 0.6) is 11.5 Å². The van der Waals surface area contributed by atoms with Gasteiger partial charge in [-0.1, -0.05) is 48.5 Å². The van der Waals surface area contributed by atoms with E-state index in [1.807, 2.05) is 31.2 Å². The van der Waals surface area contributed by atoms with E-state index in [0.717, 1.165) is 20.9 Å². The minimum absolute atomic E-state index is 0.114. The van der Waals surface area contributed by atoms with Crippen LogP contribution < -0.4 is 9.47 Å². The number of benzene rings is 2. The molecule has 2 aromatic rings. The molecule has 1 aliphatic rings. The van der Waals surface area contributed by atoms with E-state index in [1.165, 1.54) is 0 Å². The zero-order chi connectivity index (χ0) is 26.2. The van der Waals surface area contributed by atoms with Gasteiger partial charge < -0.3 is 19.3 Å². The number of aliphatic imine (C=N–C) groups is 1. The van der Waals surface area contributed by atoms with Gasteiger partial charge in [0.2, 0.25) is 5.91 Å². The van der Waals surface area contributed by atoms with Crippen LogP contribution >= 0.6 is 46.0 Å². The van der Waals surface area contributed by atoms with E-state index >= 15 is 0 Å². The third-order valence-corrected chi connectivity index (χ3v) is 7.05. The number of aliphatic hydroxyl groups excluding tert-OH is 1. The first-order chi connectivity index (χ1) is 17.3. The second kappa shape index (κ2) is 13.2. The first kappa shape index (κ1) is 28.1. The van der Waals surface area contributed by atoms with Crippen molar-refractivity contribution >= 4 is 68.9 Å². The number of amides is 1. The molecule has 0 radical (unpaired) electrons. The van der Waals surface area contributed by atoms with Crippen LogP contribution in [0.3, 0.4) is 0 Å². The van der Waals surface area contributed by atoms with Gasteiger partial charge in [0.05, 0.1) is 21.7 Å². The van der Waals surface area contributed by atoms with Crippen molar-refractivity contribution in [3.8, 4) is 11.5 Å². The minimum atomic E-state index is -0.735. The molecular formula is C26H25ClINO6S. The average molecular weight is 642 g/mol. The number of nitrogens with zero attached hydrogens (tertiary/aromatic N) is 1. The van der Waals surface area contributed by atoms with Gasteiger partial charge in [-0.25, -0.2) is 9.79 Å². The Balaban J connectivity index is 1.97. The molecule has 0 fully saturated rings. The molecule has 3 rings (SSSR count). The van der Waals surface area contributed by atoms with E-state index in [9.17, 15) is 14.7 Å². The smallest absolute Gasteiger partial charge is 0.344 e. The van der Waals surface area contributed by atoms with Gasteiger partial charge in [-0.2, -0.15) is 0 Å². The molecule has 0 aliphatic carbocycles. The molecule has 0 aromatic heterocycles. The highest BCUT2D eigenvalue weighted by molar-refractivity contribution is 14.1. The Morgan fingerprint density at radius 2 is 1.89 bits per heavy atom.